The van der Waals surface area contributed by atoms with E-state index in [4.69, 9.17) is 10.6 Å². The number of hydrogen-bond acceptors (Lipinski definition) is 4. The average molecular weight is 267 g/mol. The first kappa shape index (κ1) is 12.2. The molecule has 1 aliphatic rings. The molecule has 0 unspecified atom stereocenters. The minimum Gasteiger partial charge on any atom is -0.382 e. The van der Waals surface area contributed by atoms with Gasteiger partial charge in [-0.15, -0.1) is 0 Å². The SMILES string of the molecule is Cc1nccc(-c2ccc3c(c2)ONC=C3)c1C(N)=O. The fourth-order valence-corrected chi connectivity index (χ4v) is 2.27. The topological polar surface area (TPSA) is 77.2 Å². The molecule has 2 aromatic rings. The van der Waals surface area contributed by atoms with Crippen LogP contribution in [0.25, 0.3) is 17.2 Å². The smallest absolute Gasteiger partial charge is 0.251 e. The van der Waals surface area contributed by atoms with Gasteiger partial charge in [-0.2, -0.15) is 0 Å². The zero-order valence-corrected chi connectivity index (χ0v) is 10.9. The number of fused-ring (bicyclic) bond motifs is 1. The largest absolute Gasteiger partial charge is 0.382 e. The number of carbonyl (C=O) groups is 1. The lowest BCUT2D eigenvalue weighted by Crippen LogP contribution is -2.16. The lowest BCUT2D eigenvalue weighted by atomic mass is 9.97. The number of aryl methyl sites for hydroxylation is 1. The second-order valence-electron chi connectivity index (χ2n) is 4.49. The summed E-state index contributed by atoms with van der Waals surface area (Å²) >= 11 is 0. The lowest BCUT2D eigenvalue weighted by molar-refractivity contribution is 0.1000. The summed E-state index contributed by atoms with van der Waals surface area (Å²) in [5, 5.41) is 0. The summed E-state index contributed by atoms with van der Waals surface area (Å²) in [6, 6.07) is 7.51. The van der Waals surface area contributed by atoms with E-state index in [1.165, 1.54) is 0 Å². The molecule has 20 heavy (non-hydrogen) atoms. The highest BCUT2D eigenvalue weighted by Crippen LogP contribution is 2.31. The Bertz CT molecular complexity index is 723. The van der Waals surface area contributed by atoms with E-state index >= 15 is 0 Å². The molecule has 0 aliphatic carbocycles. The summed E-state index contributed by atoms with van der Waals surface area (Å²) in [5.41, 5.74) is 11.8. The maximum atomic E-state index is 11.6. The maximum absolute atomic E-state index is 11.6. The number of rotatable bonds is 2. The van der Waals surface area contributed by atoms with Gasteiger partial charge in [0.15, 0.2) is 5.75 Å². The van der Waals surface area contributed by atoms with Crippen molar-refractivity contribution in [2.75, 3.05) is 0 Å². The molecular formula is C15H13N3O2. The van der Waals surface area contributed by atoms with Crippen LogP contribution in [-0.2, 0) is 0 Å². The zero-order valence-electron chi connectivity index (χ0n) is 10.9. The van der Waals surface area contributed by atoms with Gasteiger partial charge in [0.2, 0.25) is 0 Å². The Morgan fingerprint density at radius 3 is 3.00 bits per heavy atom. The van der Waals surface area contributed by atoms with Crippen molar-refractivity contribution in [2.45, 2.75) is 6.92 Å². The molecule has 0 radical (unpaired) electrons. The van der Waals surface area contributed by atoms with Crippen LogP contribution in [0, 0.1) is 6.92 Å². The Labute approximate surface area is 116 Å². The highest BCUT2D eigenvalue weighted by atomic mass is 16.6. The number of aromatic nitrogens is 1. The van der Waals surface area contributed by atoms with Gasteiger partial charge in [0, 0.05) is 18.0 Å². The molecule has 0 saturated carbocycles. The van der Waals surface area contributed by atoms with Gasteiger partial charge in [0.1, 0.15) is 0 Å². The molecule has 5 nitrogen and oxygen atoms in total. The number of benzene rings is 1. The van der Waals surface area contributed by atoms with E-state index in [0.29, 0.717) is 17.0 Å². The standard InChI is InChI=1S/C15H13N3O2/c1-9-14(15(16)19)12(5-6-17-9)11-3-2-10-4-7-18-20-13(10)8-11/h2-8,18H,1H3,(H2,16,19). The van der Waals surface area contributed by atoms with Crippen LogP contribution in [-0.4, -0.2) is 10.9 Å². The van der Waals surface area contributed by atoms with Crippen LogP contribution in [0.2, 0.25) is 0 Å². The number of pyridine rings is 1. The Morgan fingerprint density at radius 2 is 2.20 bits per heavy atom. The number of nitrogens with two attached hydrogens (primary N) is 1. The van der Waals surface area contributed by atoms with E-state index in [0.717, 1.165) is 16.7 Å². The first-order chi connectivity index (χ1) is 9.66. The minimum atomic E-state index is -0.484. The van der Waals surface area contributed by atoms with Gasteiger partial charge >= 0.3 is 0 Å². The summed E-state index contributed by atoms with van der Waals surface area (Å²) in [5.74, 6) is 0.220. The molecule has 5 heteroatoms. The van der Waals surface area contributed by atoms with Gasteiger partial charge in [0.05, 0.1) is 11.3 Å². The van der Waals surface area contributed by atoms with E-state index in [1.807, 2.05) is 24.3 Å². The number of carbonyl (C=O) groups excluding carboxylic acids is 1. The van der Waals surface area contributed by atoms with Crippen LogP contribution in [0.15, 0.2) is 36.7 Å². The first-order valence-electron chi connectivity index (χ1n) is 6.15. The molecule has 1 aliphatic heterocycles. The van der Waals surface area contributed by atoms with Crippen LogP contribution in [0.4, 0.5) is 0 Å². The third-order valence-electron chi connectivity index (χ3n) is 3.21. The summed E-state index contributed by atoms with van der Waals surface area (Å²) in [4.78, 5) is 21.1. The quantitative estimate of drug-likeness (QED) is 0.872. The van der Waals surface area contributed by atoms with Gasteiger partial charge in [-0.05, 0) is 36.3 Å². The highest BCUT2D eigenvalue weighted by molar-refractivity contribution is 6.00. The number of hydrogen-bond donors (Lipinski definition) is 2. The molecule has 0 bridgehead atoms. The number of amides is 1. The normalized spacial score (nSPS) is 12.2. The van der Waals surface area contributed by atoms with E-state index in [9.17, 15) is 4.79 Å². The van der Waals surface area contributed by atoms with Gasteiger partial charge in [0.25, 0.3) is 5.91 Å². The predicted octanol–water partition coefficient (Wildman–Crippen LogP) is 2.02. The lowest BCUT2D eigenvalue weighted by Gasteiger charge is -2.15. The summed E-state index contributed by atoms with van der Waals surface area (Å²) in [7, 11) is 0. The Hall–Kier alpha value is -2.82. The molecule has 1 aromatic carbocycles. The second kappa shape index (κ2) is 4.70. The molecule has 3 N–H and O–H groups in total. The predicted molar refractivity (Wildman–Crippen MR) is 75.7 cm³/mol. The monoisotopic (exact) mass is 267 g/mol. The molecule has 1 amide bonds. The number of hydroxylamine groups is 1. The van der Waals surface area contributed by atoms with E-state index in [1.54, 1.807) is 25.4 Å². The van der Waals surface area contributed by atoms with Crippen molar-refractivity contribution in [3.63, 3.8) is 0 Å². The fourth-order valence-electron chi connectivity index (χ4n) is 2.27. The Morgan fingerprint density at radius 1 is 1.35 bits per heavy atom. The van der Waals surface area contributed by atoms with Crippen molar-refractivity contribution in [1.82, 2.24) is 10.5 Å². The van der Waals surface area contributed by atoms with E-state index in [-0.39, 0.29) is 0 Å². The molecule has 2 heterocycles. The third-order valence-corrected chi connectivity index (χ3v) is 3.21. The Kier molecular flexibility index (Phi) is 2.87. The number of primary amides is 1. The zero-order chi connectivity index (χ0) is 14.1. The maximum Gasteiger partial charge on any atom is 0.251 e. The van der Waals surface area contributed by atoms with Crippen LogP contribution >= 0.6 is 0 Å². The number of nitrogens with zero attached hydrogens (tertiary/aromatic N) is 1. The van der Waals surface area contributed by atoms with Crippen LogP contribution in [0.1, 0.15) is 21.6 Å². The van der Waals surface area contributed by atoms with Gasteiger partial charge in [-0.1, -0.05) is 12.1 Å². The van der Waals surface area contributed by atoms with Gasteiger partial charge < -0.3 is 10.6 Å². The van der Waals surface area contributed by atoms with Crippen molar-refractivity contribution in [2.24, 2.45) is 5.73 Å². The summed E-state index contributed by atoms with van der Waals surface area (Å²) < 4.78 is 0. The molecule has 100 valence electrons. The van der Waals surface area contributed by atoms with Crippen LogP contribution in [0.5, 0.6) is 5.75 Å². The van der Waals surface area contributed by atoms with Crippen LogP contribution in [0.3, 0.4) is 0 Å². The highest BCUT2D eigenvalue weighted by Gasteiger charge is 2.15. The van der Waals surface area contributed by atoms with E-state index in [2.05, 4.69) is 10.5 Å². The summed E-state index contributed by atoms with van der Waals surface area (Å²) in [6.45, 7) is 1.77. The first-order valence-corrected chi connectivity index (χ1v) is 6.15. The molecule has 0 saturated heterocycles. The van der Waals surface area contributed by atoms with E-state index < -0.39 is 5.91 Å². The Balaban J connectivity index is 2.17. The molecular weight excluding hydrogens is 254 g/mol. The molecule has 3 rings (SSSR count). The molecule has 0 atom stereocenters. The van der Waals surface area contributed by atoms with Crippen molar-refractivity contribution in [3.8, 4) is 16.9 Å². The average Bonchev–Trinajstić information content (AvgIpc) is 2.46. The van der Waals surface area contributed by atoms with Crippen molar-refractivity contribution < 1.29 is 9.63 Å². The van der Waals surface area contributed by atoms with Gasteiger partial charge in [-0.3, -0.25) is 9.78 Å². The van der Waals surface area contributed by atoms with Gasteiger partial charge in [-0.25, -0.2) is 5.48 Å². The minimum absolute atomic E-state index is 0.437. The second-order valence-corrected chi connectivity index (χ2v) is 4.49. The van der Waals surface area contributed by atoms with Crippen molar-refractivity contribution >= 4 is 12.0 Å². The molecule has 0 fully saturated rings. The summed E-state index contributed by atoms with van der Waals surface area (Å²) in [6.07, 6.45) is 5.29. The third kappa shape index (κ3) is 1.99. The molecule has 0 spiro atoms. The fraction of sp³-hybridized carbons (Fsp3) is 0.0667. The molecule has 1 aromatic heterocycles. The van der Waals surface area contributed by atoms with Crippen molar-refractivity contribution in [1.29, 1.82) is 0 Å². The van der Waals surface area contributed by atoms with Crippen molar-refractivity contribution in [3.05, 3.63) is 53.5 Å². The van der Waals surface area contributed by atoms with Crippen LogP contribution < -0.4 is 16.1 Å². The number of nitrogens with one attached hydrogen (secondary N) is 1.